The van der Waals surface area contributed by atoms with Crippen LogP contribution in [0.1, 0.15) is 49.4 Å². The fraction of sp³-hybridized carbons (Fsp3) is 0.269. The third-order valence-electron chi connectivity index (χ3n) is 6.48. The monoisotopic (exact) mass is 479 g/mol. The molecule has 0 radical (unpaired) electrons. The molecule has 3 heterocycles. The summed E-state index contributed by atoms with van der Waals surface area (Å²) < 4.78 is 43.1. The molecular formula is C26H24F3N5O. The summed E-state index contributed by atoms with van der Waals surface area (Å²) >= 11 is 0. The lowest BCUT2D eigenvalue weighted by Crippen LogP contribution is -2.32. The van der Waals surface area contributed by atoms with Crippen LogP contribution in [0.15, 0.2) is 54.9 Å². The molecule has 180 valence electrons. The Kier molecular flexibility index (Phi) is 5.92. The Morgan fingerprint density at radius 1 is 1.17 bits per heavy atom. The normalized spacial score (nSPS) is 15.0. The van der Waals surface area contributed by atoms with E-state index in [0.717, 1.165) is 34.5 Å². The van der Waals surface area contributed by atoms with E-state index >= 15 is 0 Å². The molecule has 4 aromatic rings. The Morgan fingerprint density at radius 2 is 1.97 bits per heavy atom. The number of carbonyl (C=O) groups excluding carboxylic acids is 1. The average molecular weight is 480 g/mol. The number of hydrogen-bond donors (Lipinski definition) is 1. The highest BCUT2D eigenvalue weighted by Gasteiger charge is 2.21. The van der Waals surface area contributed by atoms with Gasteiger partial charge in [-0.25, -0.2) is 18.2 Å². The molecule has 9 heteroatoms. The highest BCUT2D eigenvalue weighted by atomic mass is 19.3. The molecule has 1 N–H and O–H groups in total. The van der Waals surface area contributed by atoms with Gasteiger partial charge in [0, 0.05) is 43.4 Å². The summed E-state index contributed by atoms with van der Waals surface area (Å²) in [5.74, 6) is 0.0818. The molecule has 1 amide bonds. The van der Waals surface area contributed by atoms with Crippen LogP contribution >= 0.6 is 0 Å². The molecule has 0 aliphatic carbocycles. The molecular weight excluding hydrogens is 455 g/mol. The fourth-order valence-electron chi connectivity index (χ4n) is 4.54. The van der Waals surface area contributed by atoms with Crippen LogP contribution in [0, 0.1) is 5.82 Å². The van der Waals surface area contributed by atoms with Gasteiger partial charge in [-0.2, -0.15) is 4.98 Å². The molecule has 0 saturated carbocycles. The van der Waals surface area contributed by atoms with Gasteiger partial charge in [0.2, 0.25) is 11.7 Å². The number of carbonyl (C=O) groups is 1. The zero-order valence-electron chi connectivity index (χ0n) is 19.3. The third kappa shape index (κ3) is 4.22. The number of nitrogens with one attached hydrogen (secondary N) is 1. The van der Waals surface area contributed by atoms with Crippen LogP contribution in [0.3, 0.4) is 0 Å². The summed E-state index contributed by atoms with van der Waals surface area (Å²) in [6, 6.07) is 9.41. The van der Waals surface area contributed by atoms with Crippen molar-refractivity contribution in [2.75, 3.05) is 18.4 Å². The van der Waals surface area contributed by atoms with Crippen LogP contribution in [0.4, 0.5) is 19.0 Å². The average Bonchev–Trinajstić information content (AvgIpc) is 3.32. The summed E-state index contributed by atoms with van der Waals surface area (Å²) in [4.78, 5) is 22.4. The lowest BCUT2D eigenvalue weighted by atomic mass is 9.97. The predicted octanol–water partition coefficient (Wildman–Crippen LogP) is 5.77. The summed E-state index contributed by atoms with van der Waals surface area (Å²) in [5, 5.41) is 4.01. The van der Waals surface area contributed by atoms with Crippen LogP contribution in [-0.4, -0.2) is 38.3 Å². The number of aromatic nitrogens is 3. The van der Waals surface area contributed by atoms with Crippen molar-refractivity contribution in [3.05, 3.63) is 77.4 Å². The van der Waals surface area contributed by atoms with E-state index in [1.165, 1.54) is 12.1 Å². The minimum atomic E-state index is -2.90. The molecule has 5 rings (SSSR count). The fourth-order valence-corrected chi connectivity index (χ4v) is 4.54. The van der Waals surface area contributed by atoms with E-state index in [1.54, 1.807) is 24.9 Å². The molecule has 0 fully saturated rings. The lowest BCUT2D eigenvalue weighted by Gasteiger charge is -2.25. The van der Waals surface area contributed by atoms with E-state index in [4.69, 9.17) is 0 Å². The van der Waals surface area contributed by atoms with Crippen molar-refractivity contribution < 1.29 is 18.0 Å². The van der Waals surface area contributed by atoms with Gasteiger partial charge >= 0.3 is 0 Å². The highest BCUT2D eigenvalue weighted by molar-refractivity contribution is 5.94. The van der Waals surface area contributed by atoms with E-state index in [1.807, 2.05) is 28.8 Å². The zero-order valence-corrected chi connectivity index (χ0v) is 19.3. The van der Waals surface area contributed by atoms with Crippen molar-refractivity contribution in [3.63, 3.8) is 0 Å². The number of amides is 1. The van der Waals surface area contributed by atoms with Crippen molar-refractivity contribution in [2.45, 2.75) is 32.7 Å². The maximum absolute atomic E-state index is 14.8. The summed E-state index contributed by atoms with van der Waals surface area (Å²) in [7, 11) is 0. The molecule has 0 spiro atoms. The summed E-state index contributed by atoms with van der Waals surface area (Å²) in [6.45, 7) is 4.49. The van der Waals surface area contributed by atoms with Crippen LogP contribution in [0.2, 0.25) is 0 Å². The van der Waals surface area contributed by atoms with E-state index in [2.05, 4.69) is 21.4 Å². The molecule has 0 saturated heterocycles. The maximum Gasteiger partial charge on any atom is 0.266 e. The molecule has 2 aromatic carbocycles. The second kappa shape index (κ2) is 9.05. The molecule has 1 atom stereocenters. The van der Waals surface area contributed by atoms with E-state index in [9.17, 15) is 18.0 Å². The van der Waals surface area contributed by atoms with Crippen LogP contribution in [-0.2, 0) is 4.79 Å². The topological polar surface area (TPSA) is 62.5 Å². The number of anilines is 1. The first-order valence-electron chi connectivity index (χ1n) is 11.4. The van der Waals surface area contributed by atoms with Gasteiger partial charge in [0.05, 0.1) is 17.1 Å². The Bertz CT molecular complexity index is 1460. The standard InChI is InChI=1S/C26H24F3N5O/c1-15(19-4-3-5-20(23(19)27)24(28)29)31-25-21-14-18(17-8-11-33(12-9-17)16(2)35)6-7-22(21)34-13-10-30-26(34)32-25/h3-8,10,13-15,24H,9,11-12H2,1-2H3,(H,30,31,32)/t15-/m1/s1. The zero-order chi connectivity index (χ0) is 24.7. The van der Waals surface area contributed by atoms with Gasteiger partial charge in [-0.05, 0) is 36.6 Å². The number of fused-ring (bicyclic) bond motifs is 3. The molecule has 1 aliphatic heterocycles. The number of halogens is 3. The molecule has 0 bridgehead atoms. The highest BCUT2D eigenvalue weighted by Crippen LogP contribution is 2.33. The van der Waals surface area contributed by atoms with Crippen molar-refractivity contribution in [1.29, 1.82) is 0 Å². The molecule has 6 nitrogen and oxygen atoms in total. The minimum Gasteiger partial charge on any atom is -0.363 e. The van der Waals surface area contributed by atoms with Crippen molar-refractivity contribution >= 4 is 34.0 Å². The van der Waals surface area contributed by atoms with Gasteiger partial charge in [-0.3, -0.25) is 9.20 Å². The second-order valence-corrected chi connectivity index (χ2v) is 8.65. The minimum absolute atomic E-state index is 0.0501. The van der Waals surface area contributed by atoms with Crippen LogP contribution < -0.4 is 5.32 Å². The van der Waals surface area contributed by atoms with Crippen molar-refractivity contribution in [1.82, 2.24) is 19.3 Å². The van der Waals surface area contributed by atoms with Gasteiger partial charge in [0.15, 0.2) is 0 Å². The van der Waals surface area contributed by atoms with Gasteiger partial charge in [0.25, 0.3) is 6.43 Å². The number of rotatable bonds is 5. The Balaban J connectivity index is 1.56. The number of imidazole rings is 1. The van der Waals surface area contributed by atoms with Crippen molar-refractivity contribution in [3.8, 4) is 0 Å². The summed E-state index contributed by atoms with van der Waals surface area (Å²) in [6.07, 6.45) is 3.35. The lowest BCUT2D eigenvalue weighted by molar-refractivity contribution is -0.128. The predicted molar refractivity (Wildman–Crippen MR) is 129 cm³/mol. The smallest absolute Gasteiger partial charge is 0.266 e. The van der Waals surface area contributed by atoms with Gasteiger partial charge < -0.3 is 10.2 Å². The third-order valence-corrected chi connectivity index (χ3v) is 6.48. The molecule has 2 aromatic heterocycles. The van der Waals surface area contributed by atoms with Crippen molar-refractivity contribution in [2.24, 2.45) is 0 Å². The summed E-state index contributed by atoms with van der Waals surface area (Å²) in [5.41, 5.74) is 2.50. The van der Waals surface area contributed by atoms with E-state index in [-0.39, 0.29) is 11.5 Å². The number of benzene rings is 2. The Labute approximate surface area is 200 Å². The van der Waals surface area contributed by atoms with Crippen LogP contribution in [0.5, 0.6) is 0 Å². The Morgan fingerprint density at radius 3 is 2.69 bits per heavy atom. The van der Waals surface area contributed by atoms with Gasteiger partial charge in [-0.1, -0.05) is 30.3 Å². The first-order valence-corrected chi connectivity index (χ1v) is 11.4. The number of alkyl halides is 2. The van der Waals surface area contributed by atoms with E-state index in [0.29, 0.717) is 24.7 Å². The van der Waals surface area contributed by atoms with Gasteiger partial charge in [-0.15, -0.1) is 0 Å². The molecule has 35 heavy (non-hydrogen) atoms. The maximum atomic E-state index is 14.8. The second-order valence-electron chi connectivity index (χ2n) is 8.65. The SMILES string of the molecule is CC(=O)N1CC=C(c2ccc3c(c2)c(N[C@H](C)c2cccc(C(F)F)c2F)nc2nccn23)CC1. The Hall–Kier alpha value is -3.88. The quantitative estimate of drug-likeness (QED) is 0.395. The van der Waals surface area contributed by atoms with E-state index < -0.39 is 23.8 Å². The molecule has 1 aliphatic rings. The first kappa shape index (κ1) is 22.9. The van der Waals surface area contributed by atoms with Gasteiger partial charge in [0.1, 0.15) is 11.6 Å². The number of hydrogen-bond acceptors (Lipinski definition) is 4. The van der Waals surface area contributed by atoms with Crippen LogP contribution in [0.25, 0.3) is 22.3 Å². The largest absolute Gasteiger partial charge is 0.363 e. The molecule has 0 unspecified atom stereocenters. The first-order chi connectivity index (χ1) is 16.8. The number of nitrogens with zero attached hydrogens (tertiary/aromatic N) is 4.